The number of ether oxygens (including phenoxy) is 2. The van der Waals surface area contributed by atoms with Crippen LogP contribution in [0.25, 0.3) is 0 Å². The third-order valence-corrected chi connectivity index (χ3v) is 5.34. The van der Waals surface area contributed by atoms with Gasteiger partial charge in [-0.3, -0.25) is 43.1 Å². The van der Waals surface area contributed by atoms with Crippen molar-refractivity contribution in [3.63, 3.8) is 0 Å². The van der Waals surface area contributed by atoms with Crippen molar-refractivity contribution in [3.05, 3.63) is 12.0 Å². The molecule has 2 heterocycles. The number of carboxylic acid groups (broad SMARTS) is 2. The molecule has 18 heteroatoms. The summed E-state index contributed by atoms with van der Waals surface area (Å²) in [4.78, 5) is 94.0. The van der Waals surface area contributed by atoms with E-state index in [2.05, 4.69) is 6.58 Å². The number of amides is 4. The van der Waals surface area contributed by atoms with Crippen LogP contribution < -0.4 is 0 Å². The molecule has 2 aliphatic rings. The highest BCUT2D eigenvalue weighted by Crippen LogP contribution is 2.19. The van der Waals surface area contributed by atoms with Crippen molar-refractivity contribution in [2.75, 3.05) is 13.2 Å². The van der Waals surface area contributed by atoms with Gasteiger partial charge in [-0.1, -0.05) is 6.58 Å². The summed E-state index contributed by atoms with van der Waals surface area (Å²) in [6.45, 7) is 1.76. The van der Waals surface area contributed by atoms with Crippen LogP contribution in [-0.4, -0.2) is 106 Å². The van der Waals surface area contributed by atoms with Gasteiger partial charge in [-0.05, 0) is 0 Å². The van der Waals surface area contributed by atoms with Gasteiger partial charge in [0, 0.05) is 25.7 Å². The average Bonchev–Trinajstić information content (AvgIpc) is 3.33. The van der Waals surface area contributed by atoms with E-state index in [0.717, 1.165) is 0 Å². The van der Waals surface area contributed by atoms with Crippen LogP contribution in [-0.2, 0) is 57.9 Å². The van der Waals surface area contributed by atoms with Crippen LogP contribution in [0.4, 0.5) is 0 Å². The predicted octanol–water partition coefficient (Wildman–Crippen LogP) is -1.92. The lowest BCUT2D eigenvalue weighted by atomic mass is 10.2. The second kappa shape index (κ2) is 13.9. The molecule has 2 rings (SSSR count). The van der Waals surface area contributed by atoms with Crippen molar-refractivity contribution in [1.82, 2.24) is 9.80 Å². The first kappa shape index (κ1) is 31.8. The Morgan fingerprint density at radius 2 is 1.03 bits per heavy atom. The molecule has 2 fully saturated rings. The molecule has 0 saturated carbocycles. The van der Waals surface area contributed by atoms with Crippen LogP contribution in [0.1, 0.15) is 38.5 Å². The van der Waals surface area contributed by atoms with Gasteiger partial charge >= 0.3 is 23.9 Å². The van der Waals surface area contributed by atoms with Crippen LogP contribution in [0.5, 0.6) is 0 Å². The zero-order chi connectivity index (χ0) is 29.2. The number of carboxylic acids is 2. The monoisotopic (exact) mass is 564 g/mol. The number of esters is 2. The minimum absolute atomic E-state index is 0.153. The largest absolute Gasteiger partial charge is 0.480 e. The summed E-state index contributed by atoms with van der Waals surface area (Å²) in [5, 5.41) is 18.9. The van der Waals surface area contributed by atoms with Crippen molar-refractivity contribution in [2.24, 2.45) is 0 Å². The molecule has 17 nitrogen and oxygen atoms in total. The van der Waals surface area contributed by atoms with E-state index in [0.29, 0.717) is 15.2 Å². The maximum atomic E-state index is 11.9. The van der Waals surface area contributed by atoms with Crippen LogP contribution >= 0.6 is 0 Å². The van der Waals surface area contributed by atoms with Crippen molar-refractivity contribution in [3.8, 4) is 0 Å². The normalized spacial score (nSPS) is 16.9. The van der Waals surface area contributed by atoms with E-state index in [4.69, 9.17) is 14.0 Å². The third kappa shape index (κ3) is 9.69. The first-order chi connectivity index (χ1) is 17.6. The number of aliphatic carboxylic acids is 2. The summed E-state index contributed by atoms with van der Waals surface area (Å²) in [7, 11) is -3.90. The first-order valence-corrected chi connectivity index (χ1v) is 12.2. The quantitative estimate of drug-likeness (QED) is 0.101. The molecule has 0 aromatic heterocycles. The molecule has 0 aliphatic carbocycles. The lowest BCUT2D eigenvalue weighted by Crippen LogP contribution is -2.46. The number of carbonyl (C=O) groups is 8. The molecule has 0 aromatic rings. The molecular formula is C20H24N2O15S. The fourth-order valence-corrected chi connectivity index (χ4v) is 3.21. The Kier molecular flexibility index (Phi) is 11.7. The van der Waals surface area contributed by atoms with E-state index >= 15 is 0 Å². The van der Waals surface area contributed by atoms with Gasteiger partial charge in [0.15, 0.2) is 0 Å². The Balaban J connectivity index is 0.00000107. The predicted molar refractivity (Wildman–Crippen MR) is 118 cm³/mol. The van der Waals surface area contributed by atoms with Crippen LogP contribution in [0, 0.1) is 0 Å². The zero-order valence-corrected chi connectivity index (χ0v) is 20.5. The highest BCUT2D eigenvalue weighted by Gasteiger charge is 2.41. The summed E-state index contributed by atoms with van der Waals surface area (Å²) in [5.41, 5.74) is 0. The van der Waals surface area contributed by atoms with Crippen molar-refractivity contribution >= 4 is 57.6 Å². The molecule has 4 amide bonds. The van der Waals surface area contributed by atoms with Gasteiger partial charge in [0.1, 0.15) is 25.3 Å². The lowest BCUT2D eigenvalue weighted by Gasteiger charge is -2.22. The Morgan fingerprint density at radius 1 is 0.763 bits per heavy atom. The number of carbonyl (C=O) groups excluding carboxylic acids is 6. The van der Waals surface area contributed by atoms with E-state index in [1.165, 1.54) is 0 Å². The van der Waals surface area contributed by atoms with Gasteiger partial charge in [0.05, 0.1) is 18.2 Å². The number of likely N-dealkylation sites (tertiary alicyclic amines) is 2. The summed E-state index contributed by atoms with van der Waals surface area (Å²) in [6.07, 6.45) is -2.22. The lowest BCUT2D eigenvalue weighted by molar-refractivity contribution is -0.162. The van der Waals surface area contributed by atoms with Gasteiger partial charge in [0.2, 0.25) is 23.6 Å². The van der Waals surface area contributed by atoms with Crippen molar-refractivity contribution in [2.45, 2.75) is 50.6 Å². The first-order valence-electron chi connectivity index (χ1n) is 10.7. The van der Waals surface area contributed by atoms with Gasteiger partial charge in [-0.25, -0.2) is 9.59 Å². The van der Waals surface area contributed by atoms with E-state index < -0.39 is 95.8 Å². The number of imide groups is 2. The number of hydrogen-bond acceptors (Lipinski definition) is 12. The SMILES string of the molecule is C=CS(=O)(=O)O.O=C(CC(C(=O)O)N1C(=O)CCC1=O)OCCOC(=O)CC(C(=O)O)N1C(=O)CCC1=O. The van der Waals surface area contributed by atoms with Crippen LogP contribution in [0.2, 0.25) is 0 Å². The second-order valence-electron chi connectivity index (χ2n) is 7.55. The Morgan fingerprint density at radius 3 is 1.24 bits per heavy atom. The van der Waals surface area contributed by atoms with Crippen molar-refractivity contribution < 1.29 is 71.0 Å². The molecule has 2 atom stereocenters. The van der Waals surface area contributed by atoms with Gasteiger partial charge in [-0.2, -0.15) is 8.42 Å². The summed E-state index contributed by atoms with van der Waals surface area (Å²) in [5.74, 6) is -8.14. The smallest absolute Gasteiger partial charge is 0.327 e. The number of hydrogen-bond donors (Lipinski definition) is 3. The second-order valence-corrected chi connectivity index (χ2v) is 8.92. The molecule has 2 saturated heterocycles. The molecule has 0 aromatic carbocycles. The Labute approximate surface area is 214 Å². The number of nitrogens with zero attached hydrogens (tertiary/aromatic N) is 2. The topological polar surface area (TPSA) is 256 Å². The summed E-state index contributed by atoms with van der Waals surface area (Å²) < 4.78 is 36.0. The summed E-state index contributed by atoms with van der Waals surface area (Å²) >= 11 is 0. The minimum Gasteiger partial charge on any atom is -0.480 e. The van der Waals surface area contributed by atoms with Gasteiger partial charge < -0.3 is 19.7 Å². The zero-order valence-electron chi connectivity index (χ0n) is 19.6. The molecular weight excluding hydrogens is 540 g/mol. The Hall–Kier alpha value is -4.19. The molecule has 210 valence electrons. The van der Waals surface area contributed by atoms with E-state index in [1.54, 1.807) is 0 Å². The highest BCUT2D eigenvalue weighted by molar-refractivity contribution is 7.88. The molecule has 2 unspecified atom stereocenters. The fourth-order valence-electron chi connectivity index (χ4n) is 3.21. The standard InChI is InChI=1S/C18H20N2O12.C2H4O3S/c21-11-1-2-12(22)19(11)9(17(27)28)7-15(25)31-5-6-32-16(26)8-10(18(29)30)20-13(23)3-4-14(20)24;1-2-6(3,4)5/h9-10H,1-8H2,(H,27,28)(H,29,30);2H,1H2,(H,3,4,5). The van der Waals surface area contributed by atoms with Gasteiger partial charge in [0.25, 0.3) is 10.1 Å². The van der Waals surface area contributed by atoms with Crippen molar-refractivity contribution in [1.29, 1.82) is 0 Å². The molecule has 0 bridgehead atoms. The summed E-state index contributed by atoms with van der Waals surface area (Å²) in [6, 6.07) is -3.45. The van der Waals surface area contributed by atoms with E-state index in [1.807, 2.05) is 0 Å². The number of rotatable bonds is 12. The van der Waals surface area contributed by atoms with E-state index in [-0.39, 0.29) is 25.7 Å². The molecule has 2 aliphatic heterocycles. The molecule has 3 N–H and O–H groups in total. The average molecular weight is 564 g/mol. The Bertz CT molecular complexity index is 1020. The van der Waals surface area contributed by atoms with Crippen LogP contribution in [0.3, 0.4) is 0 Å². The van der Waals surface area contributed by atoms with Crippen LogP contribution in [0.15, 0.2) is 12.0 Å². The molecule has 0 spiro atoms. The van der Waals surface area contributed by atoms with E-state index in [9.17, 15) is 57.0 Å². The molecule has 38 heavy (non-hydrogen) atoms. The maximum absolute atomic E-state index is 11.9. The minimum atomic E-state index is -3.90. The maximum Gasteiger partial charge on any atom is 0.327 e. The highest BCUT2D eigenvalue weighted by atomic mass is 32.2. The molecule has 0 radical (unpaired) electrons. The van der Waals surface area contributed by atoms with Gasteiger partial charge in [-0.15, -0.1) is 0 Å². The fraction of sp³-hybridized carbons (Fsp3) is 0.500. The third-order valence-electron chi connectivity index (χ3n) is 4.91.